The second-order valence-electron chi connectivity index (χ2n) is 4.47. The maximum absolute atomic E-state index is 12.1. The van der Waals surface area contributed by atoms with Crippen molar-refractivity contribution < 1.29 is 4.79 Å². The first-order chi connectivity index (χ1) is 8.81. The second kappa shape index (κ2) is 6.15. The van der Waals surface area contributed by atoms with Gasteiger partial charge in [0.25, 0.3) is 0 Å². The van der Waals surface area contributed by atoms with Crippen LogP contribution in [-0.2, 0) is 11.2 Å². The molecule has 1 nitrogen and oxygen atoms in total. The second-order valence-corrected chi connectivity index (χ2v) is 4.47. The van der Waals surface area contributed by atoms with Gasteiger partial charge in [-0.3, -0.25) is 4.79 Å². The van der Waals surface area contributed by atoms with Crippen molar-refractivity contribution in [2.24, 2.45) is 0 Å². The number of ketones is 1. The Bertz CT molecular complexity index is 488. The van der Waals surface area contributed by atoms with Crippen LogP contribution < -0.4 is 0 Å². The van der Waals surface area contributed by atoms with Gasteiger partial charge in [0.15, 0.2) is 0 Å². The molecule has 0 heterocycles. The Balaban J connectivity index is 2.24. The summed E-state index contributed by atoms with van der Waals surface area (Å²) < 4.78 is 0. The third-order valence-corrected chi connectivity index (χ3v) is 3.22. The molecule has 1 atom stereocenters. The van der Waals surface area contributed by atoms with Crippen LogP contribution in [0.4, 0.5) is 0 Å². The van der Waals surface area contributed by atoms with Gasteiger partial charge in [-0.2, -0.15) is 0 Å². The molecule has 0 saturated carbocycles. The van der Waals surface area contributed by atoms with Gasteiger partial charge >= 0.3 is 0 Å². The number of hydrogen-bond acceptors (Lipinski definition) is 1. The number of benzene rings is 2. The Morgan fingerprint density at radius 2 is 1.50 bits per heavy atom. The number of rotatable bonds is 5. The molecule has 0 saturated heterocycles. The molecule has 0 aromatic heterocycles. The average Bonchev–Trinajstić information content (AvgIpc) is 2.46. The molecular formula is C17H18O. The largest absolute Gasteiger partial charge is 0.299 e. The third kappa shape index (κ3) is 3.07. The Morgan fingerprint density at radius 1 is 0.944 bits per heavy atom. The molecule has 2 aromatic carbocycles. The van der Waals surface area contributed by atoms with Crippen LogP contribution in [0.25, 0.3) is 0 Å². The van der Waals surface area contributed by atoms with Crippen molar-refractivity contribution in [3.63, 3.8) is 0 Å². The summed E-state index contributed by atoms with van der Waals surface area (Å²) >= 11 is 0. The third-order valence-electron chi connectivity index (χ3n) is 3.22. The zero-order chi connectivity index (χ0) is 12.8. The van der Waals surface area contributed by atoms with Crippen molar-refractivity contribution in [2.75, 3.05) is 0 Å². The van der Waals surface area contributed by atoms with Crippen LogP contribution in [0.15, 0.2) is 60.7 Å². The molecule has 0 bridgehead atoms. The first kappa shape index (κ1) is 12.6. The highest BCUT2D eigenvalue weighted by Gasteiger charge is 2.18. The van der Waals surface area contributed by atoms with Crippen molar-refractivity contribution in [3.8, 4) is 0 Å². The van der Waals surface area contributed by atoms with Crippen LogP contribution in [0.2, 0.25) is 0 Å². The van der Waals surface area contributed by atoms with Crippen molar-refractivity contribution >= 4 is 5.78 Å². The topological polar surface area (TPSA) is 17.1 Å². The standard InChI is InChI=1S/C17H18O/c1-2-17(18)16(15-11-7-4-8-12-15)13-14-9-5-3-6-10-14/h3-12,16H,2,13H2,1H3. The number of carbonyl (C=O) groups excluding carboxylic acids is 1. The molecule has 0 fully saturated rings. The Hall–Kier alpha value is -1.89. The predicted molar refractivity (Wildman–Crippen MR) is 74.6 cm³/mol. The summed E-state index contributed by atoms with van der Waals surface area (Å²) in [5, 5.41) is 0. The Kier molecular flexibility index (Phi) is 4.30. The van der Waals surface area contributed by atoms with Gasteiger partial charge in [-0.15, -0.1) is 0 Å². The van der Waals surface area contributed by atoms with E-state index in [0.29, 0.717) is 12.2 Å². The minimum Gasteiger partial charge on any atom is -0.299 e. The molecule has 18 heavy (non-hydrogen) atoms. The molecule has 1 unspecified atom stereocenters. The van der Waals surface area contributed by atoms with Crippen LogP contribution in [0, 0.1) is 0 Å². The first-order valence-corrected chi connectivity index (χ1v) is 6.43. The summed E-state index contributed by atoms with van der Waals surface area (Å²) in [5.74, 6) is 0.295. The lowest BCUT2D eigenvalue weighted by Crippen LogP contribution is -2.14. The monoisotopic (exact) mass is 238 g/mol. The zero-order valence-electron chi connectivity index (χ0n) is 10.7. The van der Waals surface area contributed by atoms with E-state index in [1.54, 1.807) is 0 Å². The molecule has 1 heteroatoms. The van der Waals surface area contributed by atoms with Gasteiger partial charge in [0.05, 0.1) is 0 Å². The molecule has 0 spiro atoms. The molecule has 0 aliphatic carbocycles. The van der Waals surface area contributed by atoms with Crippen molar-refractivity contribution in [2.45, 2.75) is 25.7 Å². The molecule has 2 aromatic rings. The van der Waals surface area contributed by atoms with Crippen LogP contribution in [0.3, 0.4) is 0 Å². The average molecular weight is 238 g/mol. The van der Waals surface area contributed by atoms with Gasteiger partial charge < -0.3 is 0 Å². The Morgan fingerprint density at radius 3 is 2.06 bits per heavy atom. The fraction of sp³-hybridized carbons (Fsp3) is 0.235. The van der Waals surface area contributed by atoms with E-state index in [1.165, 1.54) is 5.56 Å². The highest BCUT2D eigenvalue weighted by Crippen LogP contribution is 2.23. The zero-order valence-corrected chi connectivity index (χ0v) is 10.7. The van der Waals surface area contributed by atoms with E-state index in [2.05, 4.69) is 12.1 Å². The van der Waals surface area contributed by atoms with Gasteiger partial charge in [-0.25, -0.2) is 0 Å². The molecular weight excluding hydrogens is 220 g/mol. The highest BCUT2D eigenvalue weighted by molar-refractivity contribution is 5.85. The summed E-state index contributed by atoms with van der Waals surface area (Å²) in [5.41, 5.74) is 2.33. The number of hydrogen-bond donors (Lipinski definition) is 0. The van der Waals surface area contributed by atoms with E-state index in [9.17, 15) is 4.79 Å². The van der Waals surface area contributed by atoms with Gasteiger partial charge in [-0.1, -0.05) is 67.6 Å². The van der Waals surface area contributed by atoms with Crippen molar-refractivity contribution in [3.05, 3.63) is 71.8 Å². The number of Topliss-reactive ketones (excluding diaryl/α,β-unsaturated/α-hetero) is 1. The van der Waals surface area contributed by atoms with Crippen LogP contribution in [-0.4, -0.2) is 5.78 Å². The van der Waals surface area contributed by atoms with Gasteiger partial charge in [0, 0.05) is 12.3 Å². The maximum Gasteiger partial charge on any atom is 0.140 e. The van der Waals surface area contributed by atoms with Gasteiger partial charge in [0.1, 0.15) is 5.78 Å². The van der Waals surface area contributed by atoms with E-state index >= 15 is 0 Å². The molecule has 92 valence electrons. The quantitative estimate of drug-likeness (QED) is 0.769. The molecule has 0 aliphatic rings. The normalized spacial score (nSPS) is 12.1. The van der Waals surface area contributed by atoms with Gasteiger partial charge in [-0.05, 0) is 17.5 Å². The van der Waals surface area contributed by atoms with E-state index < -0.39 is 0 Å². The van der Waals surface area contributed by atoms with Gasteiger partial charge in [0.2, 0.25) is 0 Å². The summed E-state index contributed by atoms with van der Waals surface area (Å²) in [6, 6.07) is 20.3. The Labute approximate surface area is 108 Å². The van der Waals surface area contributed by atoms with Crippen molar-refractivity contribution in [1.82, 2.24) is 0 Å². The maximum atomic E-state index is 12.1. The smallest absolute Gasteiger partial charge is 0.140 e. The van der Waals surface area contributed by atoms with E-state index in [1.807, 2.05) is 55.5 Å². The summed E-state index contributed by atoms with van der Waals surface area (Å²) in [7, 11) is 0. The fourth-order valence-corrected chi connectivity index (χ4v) is 2.20. The lowest BCUT2D eigenvalue weighted by molar-refractivity contribution is -0.120. The molecule has 0 N–H and O–H groups in total. The summed E-state index contributed by atoms with van der Waals surface area (Å²) in [4.78, 5) is 12.1. The van der Waals surface area contributed by atoms with Crippen LogP contribution in [0.1, 0.15) is 30.4 Å². The summed E-state index contributed by atoms with van der Waals surface area (Å²) in [6.45, 7) is 1.93. The lowest BCUT2D eigenvalue weighted by Gasteiger charge is -2.15. The van der Waals surface area contributed by atoms with E-state index in [4.69, 9.17) is 0 Å². The highest BCUT2D eigenvalue weighted by atomic mass is 16.1. The fourth-order valence-electron chi connectivity index (χ4n) is 2.20. The molecule has 0 amide bonds. The minimum atomic E-state index is -0.0152. The minimum absolute atomic E-state index is 0.0152. The lowest BCUT2D eigenvalue weighted by atomic mass is 9.87. The predicted octanol–water partition coefficient (Wildman–Crippen LogP) is 3.99. The first-order valence-electron chi connectivity index (χ1n) is 6.43. The van der Waals surface area contributed by atoms with Crippen molar-refractivity contribution in [1.29, 1.82) is 0 Å². The molecule has 2 rings (SSSR count). The number of carbonyl (C=O) groups is 1. The van der Waals surface area contributed by atoms with Crippen LogP contribution in [0.5, 0.6) is 0 Å². The SMILES string of the molecule is CCC(=O)C(Cc1ccccc1)c1ccccc1. The van der Waals surface area contributed by atoms with E-state index in [-0.39, 0.29) is 5.92 Å². The molecule has 0 aliphatic heterocycles. The van der Waals surface area contributed by atoms with E-state index in [0.717, 1.165) is 12.0 Å². The summed E-state index contributed by atoms with van der Waals surface area (Å²) in [6.07, 6.45) is 1.38. The van der Waals surface area contributed by atoms with Crippen LogP contribution >= 0.6 is 0 Å². The molecule has 0 radical (unpaired) electrons.